The molecule has 0 fully saturated rings. The van der Waals surface area contributed by atoms with Crippen molar-refractivity contribution in [2.75, 3.05) is 12.9 Å². The summed E-state index contributed by atoms with van der Waals surface area (Å²) in [5.41, 5.74) is 1.68. The molecule has 0 N–H and O–H groups in total. The third kappa shape index (κ3) is 5.10. The number of thioether (sulfide) groups is 1. The van der Waals surface area contributed by atoms with E-state index in [0.29, 0.717) is 17.3 Å². The van der Waals surface area contributed by atoms with E-state index in [1.807, 2.05) is 41.8 Å². The second-order valence-corrected chi connectivity index (χ2v) is 6.96. The maximum atomic E-state index is 13.7. The number of rotatable bonds is 8. The van der Waals surface area contributed by atoms with Gasteiger partial charge < -0.3 is 14.0 Å². The number of hydrogen-bond donors (Lipinski definition) is 0. The highest BCUT2D eigenvalue weighted by atomic mass is 32.2. The van der Waals surface area contributed by atoms with Crippen LogP contribution >= 0.6 is 11.8 Å². The van der Waals surface area contributed by atoms with Crippen LogP contribution in [0.15, 0.2) is 53.7 Å². The van der Waals surface area contributed by atoms with Crippen LogP contribution < -0.4 is 4.74 Å². The summed E-state index contributed by atoms with van der Waals surface area (Å²) >= 11 is 1.26. The molecule has 0 saturated heterocycles. The summed E-state index contributed by atoms with van der Waals surface area (Å²) in [5.74, 6) is 0.112. The Morgan fingerprint density at radius 3 is 2.64 bits per heavy atom. The van der Waals surface area contributed by atoms with Gasteiger partial charge in [0.2, 0.25) is 0 Å². The maximum Gasteiger partial charge on any atom is 0.316 e. The molecule has 6 nitrogen and oxygen atoms in total. The minimum absolute atomic E-state index is 0.00393. The third-order valence-electron chi connectivity index (χ3n) is 4.02. The topological polar surface area (TPSA) is 66.2 Å². The van der Waals surface area contributed by atoms with Gasteiger partial charge in [-0.1, -0.05) is 48.2 Å². The van der Waals surface area contributed by atoms with Crippen LogP contribution in [0.25, 0.3) is 0 Å². The number of ether oxygens (including phenoxy) is 2. The van der Waals surface area contributed by atoms with Crippen LogP contribution in [0.3, 0.4) is 0 Å². The molecule has 1 aromatic heterocycles. The number of methoxy groups -OCH3 is 1. The van der Waals surface area contributed by atoms with Gasteiger partial charge in [-0.05, 0) is 30.2 Å². The monoisotopic (exact) mass is 401 g/mol. The molecule has 0 atom stereocenters. The summed E-state index contributed by atoms with van der Waals surface area (Å²) in [5, 5.41) is 8.88. The highest BCUT2D eigenvalue weighted by Gasteiger charge is 2.13. The van der Waals surface area contributed by atoms with E-state index >= 15 is 0 Å². The number of nitrogens with zero attached hydrogens (tertiary/aromatic N) is 3. The van der Waals surface area contributed by atoms with Gasteiger partial charge in [-0.25, -0.2) is 4.39 Å². The average molecular weight is 401 g/mol. The Morgan fingerprint density at radius 1 is 1.14 bits per heavy atom. The van der Waals surface area contributed by atoms with Crippen molar-refractivity contribution in [3.8, 4) is 5.75 Å². The smallest absolute Gasteiger partial charge is 0.316 e. The van der Waals surface area contributed by atoms with Gasteiger partial charge >= 0.3 is 5.97 Å². The van der Waals surface area contributed by atoms with E-state index in [-0.39, 0.29) is 18.1 Å². The molecule has 1 heterocycles. The highest BCUT2D eigenvalue weighted by molar-refractivity contribution is 7.99. The number of benzene rings is 2. The molecule has 0 aliphatic rings. The number of aryl methyl sites for hydroxylation is 1. The first-order valence-electron chi connectivity index (χ1n) is 8.61. The van der Waals surface area contributed by atoms with Crippen molar-refractivity contribution in [2.45, 2.75) is 25.2 Å². The lowest BCUT2D eigenvalue weighted by molar-refractivity contribution is -0.141. The Labute approximate surface area is 166 Å². The van der Waals surface area contributed by atoms with Gasteiger partial charge in [0.1, 0.15) is 12.4 Å². The third-order valence-corrected chi connectivity index (χ3v) is 4.96. The zero-order valence-electron chi connectivity index (χ0n) is 15.6. The molecule has 0 bridgehead atoms. The summed E-state index contributed by atoms with van der Waals surface area (Å²) in [7, 11) is 1.40. The normalized spacial score (nSPS) is 10.7. The maximum absolute atomic E-state index is 13.7. The first-order valence-corrected chi connectivity index (χ1v) is 9.60. The second kappa shape index (κ2) is 9.36. The molecule has 0 aliphatic carbocycles. The fraction of sp³-hybridized carbons (Fsp3) is 0.250. The van der Waals surface area contributed by atoms with Gasteiger partial charge in [0.15, 0.2) is 16.7 Å². The van der Waals surface area contributed by atoms with Gasteiger partial charge in [-0.15, -0.1) is 10.2 Å². The van der Waals surface area contributed by atoms with E-state index in [0.717, 1.165) is 11.4 Å². The van der Waals surface area contributed by atoms with E-state index < -0.39 is 11.8 Å². The van der Waals surface area contributed by atoms with Gasteiger partial charge in [0, 0.05) is 0 Å². The van der Waals surface area contributed by atoms with Crippen molar-refractivity contribution in [1.29, 1.82) is 0 Å². The predicted octanol–water partition coefficient (Wildman–Crippen LogP) is 3.62. The first-order chi connectivity index (χ1) is 13.6. The molecule has 0 amide bonds. The van der Waals surface area contributed by atoms with E-state index in [1.165, 1.54) is 31.0 Å². The molecule has 146 valence electrons. The number of esters is 1. The number of carbonyl (C=O) groups excluding carboxylic acids is 1. The summed E-state index contributed by atoms with van der Waals surface area (Å²) in [4.78, 5) is 12.1. The average Bonchev–Trinajstić information content (AvgIpc) is 3.05. The Balaban J connectivity index is 1.54. The van der Waals surface area contributed by atoms with Crippen LogP contribution in [0, 0.1) is 12.7 Å². The van der Waals surface area contributed by atoms with Crippen molar-refractivity contribution in [3.05, 3.63) is 71.3 Å². The van der Waals surface area contributed by atoms with E-state index in [2.05, 4.69) is 10.2 Å². The number of aromatic nitrogens is 3. The predicted molar refractivity (Wildman–Crippen MR) is 104 cm³/mol. The molecule has 0 radical (unpaired) electrons. The SMILES string of the molecule is COc1ccc(COC(=O)CSc2nnc(C)n2Cc2ccccc2)cc1F. The van der Waals surface area contributed by atoms with E-state index in [4.69, 9.17) is 9.47 Å². The fourth-order valence-electron chi connectivity index (χ4n) is 2.54. The Bertz CT molecular complexity index is 947. The van der Waals surface area contributed by atoms with Crippen molar-refractivity contribution in [2.24, 2.45) is 0 Å². The van der Waals surface area contributed by atoms with Crippen LogP contribution in [-0.4, -0.2) is 33.6 Å². The fourth-order valence-corrected chi connectivity index (χ4v) is 3.33. The van der Waals surface area contributed by atoms with Crippen molar-refractivity contribution >= 4 is 17.7 Å². The molecule has 0 unspecified atom stereocenters. The van der Waals surface area contributed by atoms with E-state index in [9.17, 15) is 9.18 Å². The minimum Gasteiger partial charge on any atom is -0.494 e. The van der Waals surface area contributed by atoms with Gasteiger partial charge in [0.05, 0.1) is 19.4 Å². The lowest BCUT2D eigenvalue weighted by Gasteiger charge is -2.09. The largest absolute Gasteiger partial charge is 0.494 e. The quantitative estimate of drug-likeness (QED) is 0.424. The highest BCUT2D eigenvalue weighted by Crippen LogP contribution is 2.20. The second-order valence-electron chi connectivity index (χ2n) is 6.02. The molecular weight excluding hydrogens is 381 g/mol. The Kier molecular flexibility index (Phi) is 6.65. The van der Waals surface area contributed by atoms with Crippen LogP contribution in [0.4, 0.5) is 4.39 Å². The molecule has 28 heavy (non-hydrogen) atoms. The number of hydrogen-bond acceptors (Lipinski definition) is 6. The summed E-state index contributed by atoms with van der Waals surface area (Å²) in [6, 6.07) is 14.4. The van der Waals surface area contributed by atoms with Crippen LogP contribution in [-0.2, 0) is 22.7 Å². The van der Waals surface area contributed by atoms with Gasteiger partial charge in [-0.3, -0.25) is 4.79 Å². The Hall–Kier alpha value is -2.87. The summed E-state index contributed by atoms with van der Waals surface area (Å²) in [6.45, 7) is 2.49. The van der Waals surface area contributed by atoms with E-state index in [1.54, 1.807) is 6.07 Å². The van der Waals surface area contributed by atoms with Crippen LogP contribution in [0.2, 0.25) is 0 Å². The van der Waals surface area contributed by atoms with Crippen LogP contribution in [0.1, 0.15) is 17.0 Å². The lowest BCUT2D eigenvalue weighted by Crippen LogP contribution is -2.09. The molecule has 0 aliphatic heterocycles. The molecule has 3 aromatic rings. The number of carbonyl (C=O) groups is 1. The van der Waals surface area contributed by atoms with Crippen LogP contribution in [0.5, 0.6) is 5.75 Å². The lowest BCUT2D eigenvalue weighted by atomic mass is 10.2. The summed E-state index contributed by atoms with van der Waals surface area (Å²) < 4.78 is 25.7. The molecule has 0 spiro atoms. The van der Waals surface area contributed by atoms with Crippen molar-refractivity contribution in [1.82, 2.24) is 14.8 Å². The molecule has 3 rings (SSSR count). The Morgan fingerprint density at radius 2 is 1.93 bits per heavy atom. The molecule has 8 heteroatoms. The first kappa shape index (κ1) is 19.9. The molecule has 2 aromatic carbocycles. The zero-order chi connectivity index (χ0) is 19.9. The van der Waals surface area contributed by atoms with Crippen molar-refractivity contribution in [3.63, 3.8) is 0 Å². The zero-order valence-corrected chi connectivity index (χ0v) is 16.4. The standard InChI is InChI=1S/C20H20FN3O3S/c1-14-22-23-20(24(14)11-15-6-4-3-5-7-15)28-13-19(25)27-12-16-8-9-18(26-2)17(21)10-16/h3-10H,11-13H2,1-2H3. The number of halogens is 1. The molecule has 0 saturated carbocycles. The van der Waals surface area contributed by atoms with Gasteiger partial charge in [-0.2, -0.15) is 0 Å². The molecular formula is C20H20FN3O3S. The van der Waals surface area contributed by atoms with Gasteiger partial charge in [0.25, 0.3) is 0 Å². The summed E-state index contributed by atoms with van der Waals surface area (Å²) in [6.07, 6.45) is 0. The minimum atomic E-state index is -0.491. The van der Waals surface area contributed by atoms with Crippen molar-refractivity contribution < 1.29 is 18.7 Å².